The Morgan fingerprint density at radius 1 is 1.62 bits per heavy atom. The van der Waals surface area contributed by atoms with Crippen molar-refractivity contribution in [2.45, 2.75) is 12.5 Å². The van der Waals surface area contributed by atoms with Crippen molar-refractivity contribution in [2.75, 3.05) is 25.0 Å². The predicted molar refractivity (Wildman–Crippen MR) is 60.6 cm³/mol. The molecule has 1 saturated heterocycles. The van der Waals surface area contributed by atoms with E-state index in [-0.39, 0.29) is 5.82 Å². The number of rotatable bonds is 3. The molecule has 86 valence electrons. The van der Waals surface area contributed by atoms with Crippen molar-refractivity contribution in [1.29, 1.82) is 0 Å². The van der Waals surface area contributed by atoms with Crippen LogP contribution in [0.2, 0.25) is 0 Å². The van der Waals surface area contributed by atoms with Crippen molar-refractivity contribution < 1.29 is 4.92 Å². The molecule has 6 nitrogen and oxygen atoms in total. The van der Waals surface area contributed by atoms with E-state index in [1.807, 2.05) is 7.05 Å². The van der Waals surface area contributed by atoms with Crippen LogP contribution in [-0.4, -0.2) is 36.1 Å². The number of anilines is 1. The number of nitro groups is 1. The van der Waals surface area contributed by atoms with Crippen molar-refractivity contribution in [3.63, 3.8) is 0 Å². The molecule has 6 heteroatoms. The summed E-state index contributed by atoms with van der Waals surface area (Å²) >= 11 is 0. The van der Waals surface area contributed by atoms with E-state index in [9.17, 15) is 10.1 Å². The summed E-state index contributed by atoms with van der Waals surface area (Å²) in [7, 11) is 1.99. The highest BCUT2D eigenvalue weighted by Crippen LogP contribution is 2.19. The van der Waals surface area contributed by atoms with E-state index in [1.165, 1.54) is 6.07 Å². The van der Waals surface area contributed by atoms with Gasteiger partial charge in [-0.25, -0.2) is 0 Å². The normalized spacial score (nSPS) is 19.7. The highest BCUT2D eigenvalue weighted by molar-refractivity contribution is 5.47. The molecule has 1 aromatic rings. The van der Waals surface area contributed by atoms with Gasteiger partial charge < -0.3 is 20.3 Å². The van der Waals surface area contributed by atoms with E-state index in [0.29, 0.717) is 6.04 Å². The summed E-state index contributed by atoms with van der Waals surface area (Å²) in [5.41, 5.74) is 0.916. The molecule has 1 aliphatic heterocycles. The van der Waals surface area contributed by atoms with Crippen LogP contribution in [0.5, 0.6) is 0 Å². The van der Waals surface area contributed by atoms with Crippen molar-refractivity contribution in [3.8, 4) is 0 Å². The summed E-state index contributed by atoms with van der Waals surface area (Å²) in [6, 6.07) is 3.63. The minimum Gasteiger partial charge on any atom is -0.367 e. The largest absolute Gasteiger partial charge is 0.367 e. The van der Waals surface area contributed by atoms with Crippen molar-refractivity contribution in [1.82, 2.24) is 10.3 Å². The van der Waals surface area contributed by atoms with E-state index < -0.39 is 4.92 Å². The third-order valence-corrected chi connectivity index (χ3v) is 2.91. The quantitative estimate of drug-likeness (QED) is 0.604. The minimum absolute atomic E-state index is 0.110. The van der Waals surface area contributed by atoms with Gasteiger partial charge in [0.2, 0.25) is 0 Å². The Morgan fingerprint density at radius 2 is 2.44 bits per heavy atom. The molecule has 0 bridgehead atoms. The first kappa shape index (κ1) is 10.8. The van der Waals surface area contributed by atoms with Gasteiger partial charge in [0.25, 0.3) is 0 Å². The Labute approximate surface area is 93.4 Å². The van der Waals surface area contributed by atoms with Gasteiger partial charge in [-0.2, -0.15) is 0 Å². The molecule has 16 heavy (non-hydrogen) atoms. The van der Waals surface area contributed by atoms with Gasteiger partial charge in [-0.1, -0.05) is 0 Å². The lowest BCUT2D eigenvalue weighted by Crippen LogP contribution is -2.33. The average Bonchev–Trinajstić information content (AvgIpc) is 2.81. The number of aromatic nitrogens is 1. The Balaban J connectivity index is 2.11. The molecular formula is C10H14N4O2. The van der Waals surface area contributed by atoms with Gasteiger partial charge in [0, 0.05) is 25.7 Å². The molecule has 0 spiro atoms. The molecule has 2 rings (SSSR count). The van der Waals surface area contributed by atoms with Crippen molar-refractivity contribution >= 4 is 11.5 Å². The lowest BCUT2D eigenvalue weighted by molar-refractivity contribution is -0.389. The van der Waals surface area contributed by atoms with E-state index in [2.05, 4.69) is 15.2 Å². The Hall–Kier alpha value is -1.69. The first-order chi connectivity index (χ1) is 7.68. The summed E-state index contributed by atoms with van der Waals surface area (Å²) in [6.07, 6.45) is 2.64. The molecule has 0 aliphatic carbocycles. The maximum atomic E-state index is 10.5. The number of hydrogen-bond acceptors (Lipinski definition) is 5. The number of likely N-dealkylation sites (N-methyl/N-ethyl adjacent to an activating group) is 1. The van der Waals surface area contributed by atoms with Crippen LogP contribution >= 0.6 is 0 Å². The zero-order chi connectivity index (χ0) is 11.5. The Kier molecular flexibility index (Phi) is 3.00. The van der Waals surface area contributed by atoms with Crippen molar-refractivity contribution in [3.05, 3.63) is 28.4 Å². The molecule has 1 N–H and O–H groups in total. The number of nitrogens with zero attached hydrogens (tertiary/aromatic N) is 3. The lowest BCUT2D eigenvalue weighted by atomic mass is 10.2. The van der Waals surface area contributed by atoms with E-state index in [4.69, 9.17) is 0 Å². The first-order valence-electron chi connectivity index (χ1n) is 5.22. The molecule has 1 unspecified atom stereocenters. The molecule has 0 saturated carbocycles. The van der Waals surface area contributed by atoms with Gasteiger partial charge in [0.15, 0.2) is 6.20 Å². The molecule has 1 aliphatic rings. The zero-order valence-corrected chi connectivity index (χ0v) is 9.09. The standard InChI is InChI=1S/C10H14N4O2/c1-13(9-4-5-11-6-9)8-2-3-10(12-7-8)14(15)16/h2-3,7,9,11H,4-6H2,1H3. The van der Waals surface area contributed by atoms with Crippen LogP contribution in [-0.2, 0) is 0 Å². The molecule has 0 amide bonds. The lowest BCUT2D eigenvalue weighted by Gasteiger charge is -2.24. The topological polar surface area (TPSA) is 71.3 Å². The molecule has 2 heterocycles. The van der Waals surface area contributed by atoms with Crippen LogP contribution in [0.25, 0.3) is 0 Å². The molecule has 1 aromatic heterocycles. The zero-order valence-electron chi connectivity index (χ0n) is 9.09. The predicted octanol–water partition coefficient (Wildman–Crippen LogP) is 0.788. The summed E-state index contributed by atoms with van der Waals surface area (Å²) in [5, 5.41) is 13.7. The Morgan fingerprint density at radius 3 is 2.94 bits per heavy atom. The second-order valence-electron chi connectivity index (χ2n) is 3.89. The van der Waals surface area contributed by atoms with Gasteiger partial charge >= 0.3 is 5.82 Å². The molecular weight excluding hydrogens is 208 g/mol. The first-order valence-corrected chi connectivity index (χ1v) is 5.22. The summed E-state index contributed by atoms with van der Waals surface area (Å²) in [4.78, 5) is 15.9. The number of pyridine rings is 1. The highest BCUT2D eigenvalue weighted by atomic mass is 16.6. The maximum absolute atomic E-state index is 10.5. The highest BCUT2D eigenvalue weighted by Gasteiger charge is 2.20. The fourth-order valence-corrected chi connectivity index (χ4v) is 1.88. The maximum Gasteiger partial charge on any atom is 0.363 e. The van der Waals surface area contributed by atoms with Crippen LogP contribution in [0.15, 0.2) is 18.3 Å². The third-order valence-electron chi connectivity index (χ3n) is 2.91. The summed E-state index contributed by atoms with van der Waals surface area (Å²) in [5.74, 6) is -0.110. The SMILES string of the molecule is CN(c1ccc([N+](=O)[O-])nc1)C1CCNC1. The third kappa shape index (κ3) is 2.11. The van der Waals surface area contributed by atoms with Gasteiger partial charge in [-0.3, -0.25) is 0 Å². The van der Waals surface area contributed by atoms with Crippen LogP contribution in [0.4, 0.5) is 11.5 Å². The smallest absolute Gasteiger partial charge is 0.363 e. The van der Waals surface area contributed by atoms with Crippen LogP contribution < -0.4 is 10.2 Å². The fourth-order valence-electron chi connectivity index (χ4n) is 1.88. The number of nitrogens with one attached hydrogen (secondary N) is 1. The summed E-state index contributed by atoms with van der Waals surface area (Å²) < 4.78 is 0. The number of hydrogen-bond donors (Lipinski definition) is 1. The molecule has 0 aromatic carbocycles. The van der Waals surface area contributed by atoms with E-state index in [0.717, 1.165) is 25.2 Å². The molecule has 1 fully saturated rings. The second kappa shape index (κ2) is 4.44. The van der Waals surface area contributed by atoms with Crippen LogP contribution in [0.3, 0.4) is 0 Å². The minimum atomic E-state index is -0.485. The van der Waals surface area contributed by atoms with Crippen LogP contribution in [0, 0.1) is 10.1 Å². The van der Waals surface area contributed by atoms with E-state index >= 15 is 0 Å². The van der Waals surface area contributed by atoms with E-state index in [1.54, 1.807) is 12.3 Å². The van der Waals surface area contributed by atoms with Gasteiger partial charge in [-0.15, -0.1) is 0 Å². The average molecular weight is 222 g/mol. The van der Waals surface area contributed by atoms with Gasteiger partial charge in [0.1, 0.15) is 0 Å². The molecule has 0 radical (unpaired) electrons. The fraction of sp³-hybridized carbons (Fsp3) is 0.500. The van der Waals surface area contributed by atoms with Gasteiger partial charge in [0.05, 0.1) is 5.69 Å². The molecule has 1 atom stereocenters. The second-order valence-corrected chi connectivity index (χ2v) is 3.89. The van der Waals surface area contributed by atoms with Crippen molar-refractivity contribution in [2.24, 2.45) is 0 Å². The van der Waals surface area contributed by atoms with Gasteiger partial charge in [-0.05, 0) is 28.9 Å². The Bertz CT molecular complexity index is 373. The monoisotopic (exact) mass is 222 g/mol. The summed E-state index contributed by atoms with van der Waals surface area (Å²) in [6.45, 7) is 1.98. The van der Waals surface area contributed by atoms with Crippen LogP contribution in [0.1, 0.15) is 6.42 Å².